The molecule has 1 aliphatic rings. The molecule has 32 heavy (non-hydrogen) atoms. The summed E-state index contributed by atoms with van der Waals surface area (Å²) in [5, 5.41) is 6.59. The molecule has 0 aliphatic carbocycles. The summed E-state index contributed by atoms with van der Waals surface area (Å²) in [5.74, 6) is 0.507. The highest BCUT2D eigenvalue weighted by molar-refractivity contribution is 7.80. The zero-order valence-electron chi connectivity index (χ0n) is 18.4. The Balaban J connectivity index is 1.64. The molecular weight excluding hydrogens is 418 g/mol. The lowest BCUT2D eigenvalue weighted by molar-refractivity contribution is 0.400. The van der Waals surface area contributed by atoms with Crippen LogP contribution >= 0.6 is 12.2 Å². The summed E-state index contributed by atoms with van der Waals surface area (Å²) in [7, 11) is 4.16. The lowest BCUT2D eigenvalue weighted by Crippen LogP contribution is -2.13. The van der Waals surface area contributed by atoms with Gasteiger partial charge < -0.3 is 15.5 Å². The Labute approximate surface area is 193 Å². The first-order chi connectivity index (χ1) is 15.4. The molecule has 0 saturated heterocycles. The summed E-state index contributed by atoms with van der Waals surface area (Å²) >= 11 is 5.47. The Morgan fingerprint density at radius 2 is 2.06 bits per heavy atom. The number of benzene rings is 1. The Hall–Kier alpha value is -3.41. The van der Waals surface area contributed by atoms with Crippen LogP contribution in [0.1, 0.15) is 23.2 Å². The molecule has 162 valence electrons. The van der Waals surface area contributed by atoms with Crippen LogP contribution in [-0.4, -0.2) is 45.5 Å². The van der Waals surface area contributed by atoms with E-state index in [0.29, 0.717) is 23.0 Å². The molecule has 0 fully saturated rings. The number of hydrogen-bond acceptors (Lipinski definition) is 6. The lowest BCUT2D eigenvalue weighted by Gasteiger charge is -2.13. The first-order valence-corrected chi connectivity index (χ1v) is 10.9. The van der Waals surface area contributed by atoms with E-state index in [1.807, 2.05) is 31.5 Å². The van der Waals surface area contributed by atoms with Crippen molar-refractivity contribution in [3.63, 3.8) is 0 Å². The van der Waals surface area contributed by atoms with Crippen molar-refractivity contribution in [2.45, 2.75) is 26.2 Å². The van der Waals surface area contributed by atoms with Gasteiger partial charge in [-0.3, -0.25) is 4.98 Å². The van der Waals surface area contributed by atoms with Gasteiger partial charge in [0.25, 0.3) is 0 Å². The van der Waals surface area contributed by atoms with E-state index in [4.69, 9.17) is 23.8 Å². The fourth-order valence-corrected chi connectivity index (χ4v) is 3.93. The third-order valence-electron chi connectivity index (χ3n) is 5.34. The van der Waals surface area contributed by atoms with Gasteiger partial charge in [-0.1, -0.05) is 24.4 Å². The molecule has 2 N–H and O–H groups in total. The zero-order valence-corrected chi connectivity index (χ0v) is 19.3. The molecule has 4 rings (SSSR count). The van der Waals surface area contributed by atoms with Crippen molar-refractivity contribution in [1.29, 1.82) is 0 Å². The number of aryl methyl sites for hydroxylation is 2. The first kappa shape index (κ1) is 21.8. The number of aromatic nitrogens is 3. The van der Waals surface area contributed by atoms with Crippen LogP contribution in [0.2, 0.25) is 0 Å². The maximum absolute atomic E-state index is 7.29. The van der Waals surface area contributed by atoms with Crippen LogP contribution in [0.25, 0.3) is 16.1 Å². The molecule has 3 aromatic rings. The van der Waals surface area contributed by atoms with Gasteiger partial charge in [0.05, 0.1) is 28.6 Å². The first-order valence-electron chi connectivity index (χ1n) is 10.5. The topological polar surface area (TPSA) is 70.3 Å². The minimum Gasteiger partial charge on any atom is -0.350 e. The highest BCUT2D eigenvalue weighted by Gasteiger charge is 2.20. The summed E-state index contributed by atoms with van der Waals surface area (Å²) in [6.07, 6.45) is 6.34. The third-order valence-corrected chi connectivity index (χ3v) is 5.58. The molecule has 3 heterocycles. The maximum Gasteiger partial charge on any atom is 0.227 e. The van der Waals surface area contributed by atoms with Crippen molar-refractivity contribution in [3.8, 4) is 11.3 Å². The van der Waals surface area contributed by atoms with Gasteiger partial charge in [-0.2, -0.15) is 0 Å². The lowest BCUT2D eigenvalue weighted by atomic mass is 10.0. The normalized spacial score (nSPS) is 12.4. The molecule has 8 heteroatoms. The minimum atomic E-state index is 0.507. The number of anilines is 3. The molecule has 0 saturated carbocycles. The number of fused-ring (bicyclic) bond motifs is 3. The number of rotatable bonds is 6. The molecule has 7 nitrogen and oxygen atoms in total. The SMILES string of the molecule is [C-]#[N+]c1ccc2c(c1)NC(=S)Cc1cnc(Nc3cc(CCCN(C)C)cnc3C)nc1-2. The van der Waals surface area contributed by atoms with Crippen molar-refractivity contribution in [3.05, 3.63) is 64.9 Å². The van der Waals surface area contributed by atoms with Crippen LogP contribution in [0.4, 0.5) is 23.0 Å². The van der Waals surface area contributed by atoms with Gasteiger partial charge in [-0.15, -0.1) is 0 Å². The second kappa shape index (κ2) is 9.39. The van der Waals surface area contributed by atoms with Gasteiger partial charge >= 0.3 is 0 Å². The predicted molar refractivity (Wildman–Crippen MR) is 133 cm³/mol. The van der Waals surface area contributed by atoms with E-state index >= 15 is 0 Å². The molecule has 1 aliphatic heterocycles. The average molecular weight is 444 g/mol. The zero-order chi connectivity index (χ0) is 22.7. The van der Waals surface area contributed by atoms with Gasteiger partial charge in [0, 0.05) is 35.6 Å². The van der Waals surface area contributed by atoms with Gasteiger partial charge in [-0.05, 0) is 58.1 Å². The van der Waals surface area contributed by atoms with E-state index in [1.54, 1.807) is 6.07 Å². The highest BCUT2D eigenvalue weighted by atomic mass is 32.1. The number of nitrogens with one attached hydrogen (secondary N) is 2. The maximum atomic E-state index is 7.29. The molecular formula is C24H25N7S. The monoisotopic (exact) mass is 443 g/mol. The second-order valence-corrected chi connectivity index (χ2v) is 8.64. The van der Waals surface area contributed by atoms with E-state index in [9.17, 15) is 0 Å². The van der Waals surface area contributed by atoms with Crippen LogP contribution in [-0.2, 0) is 12.8 Å². The Morgan fingerprint density at radius 1 is 1.22 bits per heavy atom. The Kier molecular flexibility index (Phi) is 6.40. The molecule has 0 atom stereocenters. The Morgan fingerprint density at radius 3 is 2.84 bits per heavy atom. The summed E-state index contributed by atoms with van der Waals surface area (Å²) in [4.78, 5) is 20.3. The summed E-state index contributed by atoms with van der Waals surface area (Å²) < 4.78 is 0. The van der Waals surface area contributed by atoms with Crippen LogP contribution < -0.4 is 10.6 Å². The standard InChI is InChI=1S/C24H25N7S/c1-15-20(10-16(13-26-15)6-5-9-31(3)4)29-24-27-14-17-11-22(32)28-21-12-18(25-2)7-8-19(21)23(17)30-24/h7-8,10,12-14H,5-6,9,11H2,1,3-4H3,(H,28,32)(H,27,29,30). The number of nitrogens with zero attached hydrogens (tertiary/aromatic N) is 5. The summed E-state index contributed by atoms with van der Waals surface area (Å²) in [6, 6.07) is 7.65. The van der Waals surface area contributed by atoms with Crippen LogP contribution in [0.3, 0.4) is 0 Å². The smallest absolute Gasteiger partial charge is 0.227 e. The van der Waals surface area contributed by atoms with Crippen LogP contribution in [0.15, 0.2) is 36.7 Å². The molecule has 0 spiro atoms. The van der Waals surface area contributed by atoms with Gasteiger partial charge in [0.15, 0.2) is 5.69 Å². The van der Waals surface area contributed by atoms with E-state index < -0.39 is 0 Å². The molecule has 0 amide bonds. The Bertz CT molecular complexity index is 1210. The van der Waals surface area contributed by atoms with Crippen molar-refractivity contribution in [2.75, 3.05) is 31.3 Å². The number of pyridine rings is 1. The quantitative estimate of drug-likeness (QED) is 0.413. The minimum absolute atomic E-state index is 0.507. The molecule has 0 unspecified atom stereocenters. The van der Waals surface area contributed by atoms with Gasteiger partial charge in [-0.25, -0.2) is 14.8 Å². The highest BCUT2D eigenvalue weighted by Crippen LogP contribution is 2.36. The van der Waals surface area contributed by atoms with Gasteiger partial charge in [0.2, 0.25) is 5.95 Å². The predicted octanol–water partition coefficient (Wildman–Crippen LogP) is 4.93. The van der Waals surface area contributed by atoms with Crippen molar-refractivity contribution in [1.82, 2.24) is 19.9 Å². The van der Waals surface area contributed by atoms with E-state index in [1.165, 1.54) is 5.56 Å². The summed E-state index contributed by atoms with van der Waals surface area (Å²) in [5.41, 5.74) is 7.01. The van der Waals surface area contributed by atoms with E-state index in [0.717, 1.165) is 53.3 Å². The third kappa shape index (κ3) is 4.90. The van der Waals surface area contributed by atoms with Crippen LogP contribution in [0.5, 0.6) is 0 Å². The molecule has 2 aromatic heterocycles. The van der Waals surface area contributed by atoms with Crippen LogP contribution in [0, 0.1) is 13.5 Å². The molecule has 1 aromatic carbocycles. The van der Waals surface area contributed by atoms with Crippen molar-refractivity contribution in [2.24, 2.45) is 0 Å². The number of hydrogen-bond donors (Lipinski definition) is 2. The molecule has 0 bridgehead atoms. The largest absolute Gasteiger partial charge is 0.350 e. The fourth-order valence-electron chi connectivity index (χ4n) is 3.67. The number of thiocarbonyl (C=S) groups is 1. The van der Waals surface area contributed by atoms with Crippen molar-refractivity contribution >= 4 is 40.2 Å². The molecule has 0 radical (unpaired) electrons. The van der Waals surface area contributed by atoms with Crippen molar-refractivity contribution < 1.29 is 0 Å². The summed E-state index contributed by atoms with van der Waals surface area (Å²) in [6.45, 7) is 10.3. The van der Waals surface area contributed by atoms with E-state index in [2.05, 4.69) is 50.5 Å². The average Bonchev–Trinajstić information content (AvgIpc) is 2.90. The fraction of sp³-hybridized carbons (Fsp3) is 0.292. The second-order valence-electron chi connectivity index (χ2n) is 8.14. The van der Waals surface area contributed by atoms with Gasteiger partial charge in [0.1, 0.15) is 0 Å². The van der Waals surface area contributed by atoms with E-state index in [-0.39, 0.29) is 0 Å².